The van der Waals surface area contributed by atoms with Crippen molar-refractivity contribution in [1.82, 2.24) is 10.3 Å². The van der Waals surface area contributed by atoms with Crippen molar-refractivity contribution in [2.45, 2.75) is 6.92 Å². The fourth-order valence-corrected chi connectivity index (χ4v) is 1.63. The van der Waals surface area contributed by atoms with Gasteiger partial charge in [-0.15, -0.1) is 0 Å². The van der Waals surface area contributed by atoms with Crippen LogP contribution >= 0.6 is 11.6 Å². The Morgan fingerprint density at radius 1 is 1.46 bits per heavy atom. The first-order valence-corrected chi connectivity index (χ1v) is 7.43. The highest BCUT2D eigenvalue weighted by Crippen LogP contribution is 2.12. The van der Waals surface area contributed by atoms with Gasteiger partial charge in [-0.25, -0.2) is 15.2 Å². The topological polar surface area (TPSA) is 90.1 Å². The molecule has 0 radical (unpaired) electrons. The van der Waals surface area contributed by atoms with E-state index in [9.17, 15) is 4.79 Å². The number of hydrogen-bond acceptors (Lipinski definition) is 5. The third kappa shape index (κ3) is 6.10. The van der Waals surface area contributed by atoms with Crippen LogP contribution in [0.25, 0.3) is 0 Å². The zero-order chi connectivity index (χ0) is 17.9. The zero-order valence-corrected chi connectivity index (χ0v) is 14.4. The van der Waals surface area contributed by atoms with Gasteiger partial charge in [0.25, 0.3) is 0 Å². The molecule has 1 N–H and O–H groups in total. The molecule has 0 amide bonds. The van der Waals surface area contributed by atoms with Gasteiger partial charge in [0, 0.05) is 24.7 Å². The van der Waals surface area contributed by atoms with E-state index in [-0.39, 0.29) is 12.2 Å². The van der Waals surface area contributed by atoms with Crippen LogP contribution in [-0.2, 0) is 9.53 Å². The van der Waals surface area contributed by atoms with E-state index in [0.717, 1.165) is 11.8 Å². The highest BCUT2D eigenvalue weighted by molar-refractivity contribution is 6.33. The van der Waals surface area contributed by atoms with Gasteiger partial charge >= 0.3 is 5.97 Å². The molecule has 8 heteroatoms. The molecule has 0 saturated heterocycles. The summed E-state index contributed by atoms with van der Waals surface area (Å²) in [6, 6.07) is 8.98. The lowest BCUT2D eigenvalue weighted by molar-refractivity contribution is -0.138. The first kappa shape index (κ1) is 19.2. The average molecular weight is 348 g/mol. The maximum absolute atomic E-state index is 11.5. The van der Waals surface area contributed by atoms with E-state index in [1.165, 1.54) is 0 Å². The molecule has 0 fully saturated rings. The number of guanidine groups is 1. The first-order chi connectivity index (χ1) is 11.5. The summed E-state index contributed by atoms with van der Waals surface area (Å²) in [6.45, 7) is 1.84. The number of hydrazone groups is 1. The van der Waals surface area contributed by atoms with Crippen molar-refractivity contribution >= 4 is 29.7 Å². The van der Waals surface area contributed by atoms with Gasteiger partial charge in [-0.2, -0.15) is 10.4 Å². The van der Waals surface area contributed by atoms with Crippen molar-refractivity contribution in [3.63, 3.8) is 0 Å². The second kappa shape index (κ2) is 10.0. The van der Waals surface area contributed by atoms with Gasteiger partial charge in [0.15, 0.2) is 5.57 Å². The maximum atomic E-state index is 11.5. The molecule has 7 nitrogen and oxygen atoms in total. The third-order valence-electron chi connectivity index (χ3n) is 2.63. The average Bonchev–Trinajstić information content (AvgIpc) is 2.55. The molecule has 0 aromatic heterocycles. The number of carbonyl (C=O) groups is 1. The Morgan fingerprint density at radius 3 is 2.75 bits per heavy atom. The molecule has 0 heterocycles. The summed E-state index contributed by atoms with van der Waals surface area (Å²) in [5.41, 5.74) is 3.27. The molecule has 24 heavy (non-hydrogen) atoms. The summed E-state index contributed by atoms with van der Waals surface area (Å²) >= 11 is 6.03. The van der Waals surface area contributed by atoms with Gasteiger partial charge in [0.05, 0.1) is 19.0 Å². The first-order valence-electron chi connectivity index (χ1n) is 7.05. The Bertz CT molecular complexity index is 705. The molecular weight excluding hydrogens is 330 g/mol. The number of ether oxygens (including phenoxy) is 1. The largest absolute Gasteiger partial charge is 0.462 e. The molecule has 1 rings (SSSR count). The second-order valence-corrected chi connectivity index (χ2v) is 5.02. The Morgan fingerprint density at radius 2 is 2.17 bits per heavy atom. The number of carbonyl (C=O) groups excluding carboxylic acids is 1. The molecule has 1 aromatic carbocycles. The molecule has 0 unspecified atom stereocenters. The highest BCUT2D eigenvalue weighted by atomic mass is 35.5. The van der Waals surface area contributed by atoms with Crippen LogP contribution in [0.1, 0.15) is 12.5 Å². The number of esters is 1. The smallest absolute Gasteiger partial charge is 0.350 e. The Labute approximate surface area is 145 Å². The van der Waals surface area contributed by atoms with Crippen LogP contribution in [0.3, 0.4) is 0 Å². The predicted molar refractivity (Wildman–Crippen MR) is 93.6 cm³/mol. The van der Waals surface area contributed by atoms with Crippen molar-refractivity contribution < 1.29 is 9.53 Å². The summed E-state index contributed by atoms with van der Waals surface area (Å²) in [5, 5.41) is 13.6. The number of aliphatic imine (C=N–C) groups is 1. The van der Waals surface area contributed by atoms with E-state index in [1.54, 1.807) is 44.3 Å². The molecule has 0 aliphatic carbocycles. The molecule has 0 atom stereocenters. The normalized spacial score (nSPS) is 12.0. The van der Waals surface area contributed by atoms with Crippen LogP contribution in [0.5, 0.6) is 0 Å². The van der Waals surface area contributed by atoms with E-state index in [0.29, 0.717) is 11.0 Å². The summed E-state index contributed by atoms with van der Waals surface area (Å²) in [5.74, 6) is -0.392. The molecule has 0 aliphatic rings. The lowest BCUT2D eigenvalue weighted by Crippen LogP contribution is -2.33. The molecule has 1 aromatic rings. The number of nitrogens with zero attached hydrogens (tertiary/aromatic N) is 4. The van der Waals surface area contributed by atoms with Crippen molar-refractivity contribution in [3.05, 3.63) is 46.6 Å². The minimum absolute atomic E-state index is 0.183. The lowest BCUT2D eigenvalue weighted by atomic mass is 10.2. The number of halogens is 1. The van der Waals surface area contributed by atoms with Crippen molar-refractivity contribution in [1.29, 1.82) is 5.26 Å². The summed E-state index contributed by atoms with van der Waals surface area (Å²) < 4.78 is 4.76. The third-order valence-corrected chi connectivity index (χ3v) is 2.97. The van der Waals surface area contributed by atoms with Crippen LogP contribution in [0.15, 0.2) is 46.1 Å². The highest BCUT2D eigenvalue weighted by Gasteiger charge is 2.09. The van der Waals surface area contributed by atoms with Crippen LogP contribution in [-0.4, -0.2) is 43.7 Å². The lowest BCUT2D eigenvalue weighted by Gasteiger charge is -2.13. The molecule has 0 spiro atoms. The molecule has 126 valence electrons. The van der Waals surface area contributed by atoms with E-state index in [1.807, 2.05) is 18.2 Å². The Hall–Kier alpha value is -2.85. The standard InChI is InChI=1S/C16H18ClN5O2/c1-4-24-15(23)13(9-18)10-19-16(22(2)3)21-20-11-12-7-5-6-8-14(12)17/h5-8,10-11H,4H2,1-3H3,(H,19,21)/b13-10+,20-11+. The maximum Gasteiger partial charge on any atom is 0.350 e. The van der Waals surface area contributed by atoms with E-state index >= 15 is 0 Å². The summed E-state index contributed by atoms with van der Waals surface area (Å²) in [6.07, 6.45) is 2.67. The monoisotopic (exact) mass is 347 g/mol. The van der Waals surface area contributed by atoms with Gasteiger partial charge in [0.1, 0.15) is 6.07 Å². The molecule has 0 aliphatic heterocycles. The number of nitrogens with one attached hydrogen (secondary N) is 1. The van der Waals surface area contributed by atoms with Crippen LogP contribution in [0.2, 0.25) is 5.02 Å². The fraction of sp³-hybridized carbons (Fsp3) is 0.250. The van der Waals surface area contributed by atoms with Crippen molar-refractivity contribution in [2.24, 2.45) is 10.1 Å². The fourth-order valence-electron chi connectivity index (χ4n) is 1.45. The van der Waals surface area contributed by atoms with Gasteiger partial charge < -0.3 is 9.64 Å². The molecule has 0 saturated carbocycles. The molecular formula is C16H18ClN5O2. The van der Waals surface area contributed by atoms with Crippen LogP contribution < -0.4 is 5.43 Å². The van der Waals surface area contributed by atoms with Crippen molar-refractivity contribution in [2.75, 3.05) is 20.7 Å². The number of rotatable bonds is 5. The molecule has 0 bridgehead atoms. The van der Waals surface area contributed by atoms with E-state index in [4.69, 9.17) is 21.6 Å². The van der Waals surface area contributed by atoms with Gasteiger partial charge in [-0.05, 0) is 13.0 Å². The predicted octanol–water partition coefficient (Wildman–Crippen LogP) is 2.15. The Kier molecular flexibility index (Phi) is 8.02. The minimum atomic E-state index is -0.721. The zero-order valence-electron chi connectivity index (χ0n) is 13.7. The van der Waals surface area contributed by atoms with E-state index in [2.05, 4.69) is 15.5 Å². The summed E-state index contributed by atoms with van der Waals surface area (Å²) in [4.78, 5) is 17.2. The quantitative estimate of drug-likeness (QED) is 0.220. The number of hydrogen-bond donors (Lipinski definition) is 1. The van der Waals surface area contributed by atoms with Crippen molar-refractivity contribution in [3.8, 4) is 6.07 Å². The minimum Gasteiger partial charge on any atom is -0.462 e. The van der Waals surface area contributed by atoms with Gasteiger partial charge in [-0.1, -0.05) is 29.8 Å². The van der Waals surface area contributed by atoms with Gasteiger partial charge in [0.2, 0.25) is 5.96 Å². The van der Waals surface area contributed by atoms with Gasteiger partial charge in [-0.3, -0.25) is 0 Å². The number of nitriles is 1. The Balaban J connectivity index is 2.89. The second-order valence-electron chi connectivity index (χ2n) is 4.61. The number of benzene rings is 1. The van der Waals surface area contributed by atoms with Crippen LogP contribution in [0.4, 0.5) is 0 Å². The van der Waals surface area contributed by atoms with E-state index < -0.39 is 5.97 Å². The SMILES string of the molecule is CCOC(=O)/C(C#N)=C/N=C(N/N=C/c1ccccc1Cl)N(C)C. The summed E-state index contributed by atoms with van der Waals surface area (Å²) in [7, 11) is 3.47. The van der Waals surface area contributed by atoms with Crippen LogP contribution in [0, 0.1) is 11.3 Å².